The summed E-state index contributed by atoms with van der Waals surface area (Å²) in [5, 5.41) is 8.90. The topological polar surface area (TPSA) is 40.5 Å². The molecule has 1 aromatic rings. The smallest absolute Gasteiger partial charge is 0.305 e. The number of hydrogen-bond donors (Lipinski definition) is 1. The van der Waals surface area contributed by atoms with Gasteiger partial charge in [-0.05, 0) is 31.4 Å². The quantitative estimate of drug-likeness (QED) is 0.903. The fourth-order valence-corrected chi connectivity index (χ4v) is 2.37. The predicted octanol–water partition coefficient (Wildman–Crippen LogP) is 2.94. The van der Waals surface area contributed by atoms with Crippen molar-refractivity contribution < 1.29 is 9.90 Å². The summed E-state index contributed by atoms with van der Waals surface area (Å²) in [4.78, 5) is 13.1. The Morgan fingerprint density at radius 2 is 2.00 bits per heavy atom. The van der Waals surface area contributed by atoms with E-state index in [0.717, 1.165) is 31.5 Å². The molecular formula is C13H18ClNO2. The van der Waals surface area contributed by atoms with Crippen LogP contribution in [0.4, 0.5) is 5.69 Å². The number of benzene rings is 1. The van der Waals surface area contributed by atoms with Crippen LogP contribution in [0.5, 0.6) is 0 Å². The predicted molar refractivity (Wildman–Crippen MR) is 70.9 cm³/mol. The van der Waals surface area contributed by atoms with Crippen molar-refractivity contribution in [2.45, 2.75) is 31.7 Å². The SMILES string of the molecule is Cl.O=C(O)C[C@H]1CCCCN1c1ccccc1. The lowest BCUT2D eigenvalue weighted by Crippen LogP contribution is -2.40. The van der Waals surface area contributed by atoms with Gasteiger partial charge in [0.2, 0.25) is 0 Å². The summed E-state index contributed by atoms with van der Waals surface area (Å²) in [6, 6.07) is 10.3. The van der Waals surface area contributed by atoms with Gasteiger partial charge in [-0.1, -0.05) is 18.2 Å². The Morgan fingerprint density at radius 3 is 2.65 bits per heavy atom. The minimum Gasteiger partial charge on any atom is -0.481 e. The van der Waals surface area contributed by atoms with Crippen molar-refractivity contribution in [3.05, 3.63) is 30.3 Å². The highest BCUT2D eigenvalue weighted by Gasteiger charge is 2.24. The third-order valence-electron chi connectivity index (χ3n) is 3.13. The molecule has 0 amide bonds. The van der Waals surface area contributed by atoms with Crippen molar-refractivity contribution in [2.75, 3.05) is 11.4 Å². The number of piperidine rings is 1. The maximum Gasteiger partial charge on any atom is 0.305 e. The van der Waals surface area contributed by atoms with Gasteiger partial charge in [0, 0.05) is 18.3 Å². The van der Waals surface area contributed by atoms with Crippen LogP contribution >= 0.6 is 12.4 Å². The van der Waals surface area contributed by atoms with Gasteiger partial charge in [-0.2, -0.15) is 0 Å². The van der Waals surface area contributed by atoms with E-state index >= 15 is 0 Å². The highest BCUT2D eigenvalue weighted by atomic mass is 35.5. The van der Waals surface area contributed by atoms with Crippen molar-refractivity contribution >= 4 is 24.1 Å². The Balaban J connectivity index is 0.00000144. The second-order valence-corrected chi connectivity index (χ2v) is 4.28. The van der Waals surface area contributed by atoms with E-state index in [1.165, 1.54) is 0 Å². The number of aliphatic carboxylic acids is 1. The van der Waals surface area contributed by atoms with E-state index < -0.39 is 5.97 Å². The third kappa shape index (κ3) is 3.63. The number of hydrogen-bond acceptors (Lipinski definition) is 2. The Kier molecular flexibility index (Phi) is 5.29. The molecule has 1 heterocycles. The van der Waals surface area contributed by atoms with Gasteiger partial charge in [-0.15, -0.1) is 12.4 Å². The zero-order chi connectivity index (χ0) is 11.4. The zero-order valence-electron chi connectivity index (χ0n) is 9.71. The lowest BCUT2D eigenvalue weighted by atomic mass is 9.98. The van der Waals surface area contributed by atoms with Crippen LogP contribution in [0, 0.1) is 0 Å². The van der Waals surface area contributed by atoms with Crippen molar-refractivity contribution in [1.82, 2.24) is 0 Å². The Hall–Kier alpha value is -1.22. The second-order valence-electron chi connectivity index (χ2n) is 4.28. The summed E-state index contributed by atoms with van der Waals surface area (Å²) in [7, 11) is 0. The molecule has 94 valence electrons. The van der Waals surface area contributed by atoms with Gasteiger partial charge in [-0.3, -0.25) is 4.79 Å². The van der Waals surface area contributed by atoms with Crippen molar-refractivity contribution in [3.8, 4) is 0 Å². The molecule has 1 aliphatic heterocycles. The molecule has 17 heavy (non-hydrogen) atoms. The third-order valence-corrected chi connectivity index (χ3v) is 3.13. The molecule has 0 saturated carbocycles. The van der Waals surface area contributed by atoms with E-state index in [2.05, 4.69) is 17.0 Å². The molecule has 1 aliphatic rings. The standard InChI is InChI=1S/C13H17NO2.ClH/c15-13(16)10-12-8-4-5-9-14(12)11-6-2-1-3-7-11;/h1-3,6-7,12H,4-5,8-10H2,(H,15,16);1H/t12-;/m1./s1. The maximum atomic E-state index is 10.8. The molecule has 0 aliphatic carbocycles. The number of rotatable bonds is 3. The molecule has 1 atom stereocenters. The van der Waals surface area contributed by atoms with Gasteiger partial charge in [0.1, 0.15) is 0 Å². The summed E-state index contributed by atoms with van der Waals surface area (Å²) in [5.41, 5.74) is 1.15. The number of nitrogens with zero attached hydrogens (tertiary/aromatic N) is 1. The van der Waals surface area contributed by atoms with E-state index in [-0.39, 0.29) is 24.9 Å². The molecule has 1 saturated heterocycles. The molecule has 0 aromatic heterocycles. The number of para-hydroxylation sites is 1. The summed E-state index contributed by atoms with van der Waals surface area (Å²) < 4.78 is 0. The number of carboxylic acids is 1. The van der Waals surface area contributed by atoms with Crippen LogP contribution in [0.3, 0.4) is 0 Å². The second kappa shape index (κ2) is 6.50. The van der Waals surface area contributed by atoms with E-state index in [4.69, 9.17) is 5.11 Å². The maximum absolute atomic E-state index is 10.8. The minimum atomic E-state index is -0.701. The minimum absolute atomic E-state index is 0. The van der Waals surface area contributed by atoms with Gasteiger partial charge >= 0.3 is 5.97 Å². The largest absolute Gasteiger partial charge is 0.481 e. The molecule has 1 aromatic carbocycles. The van der Waals surface area contributed by atoms with Crippen molar-refractivity contribution in [2.24, 2.45) is 0 Å². The molecule has 0 spiro atoms. The van der Waals surface area contributed by atoms with Gasteiger partial charge in [0.25, 0.3) is 0 Å². The molecule has 0 unspecified atom stereocenters. The highest BCUT2D eigenvalue weighted by molar-refractivity contribution is 5.85. The van der Waals surface area contributed by atoms with Gasteiger partial charge in [-0.25, -0.2) is 0 Å². The van der Waals surface area contributed by atoms with Gasteiger partial charge in [0.15, 0.2) is 0 Å². The van der Waals surface area contributed by atoms with Crippen LogP contribution in [0.15, 0.2) is 30.3 Å². The Morgan fingerprint density at radius 1 is 1.29 bits per heavy atom. The molecule has 0 bridgehead atoms. The monoisotopic (exact) mass is 255 g/mol. The average molecular weight is 256 g/mol. The summed E-state index contributed by atoms with van der Waals surface area (Å²) in [6.45, 7) is 0.974. The summed E-state index contributed by atoms with van der Waals surface area (Å²) >= 11 is 0. The number of carboxylic acid groups (broad SMARTS) is 1. The average Bonchev–Trinajstić information content (AvgIpc) is 2.30. The lowest BCUT2D eigenvalue weighted by Gasteiger charge is -2.36. The number of halogens is 1. The van der Waals surface area contributed by atoms with Gasteiger partial charge < -0.3 is 10.0 Å². The fraction of sp³-hybridized carbons (Fsp3) is 0.462. The van der Waals surface area contributed by atoms with Crippen LogP contribution < -0.4 is 4.90 Å². The van der Waals surface area contributed by atoms with Crippen LogP contribution in [0.1, 0.15) is 25.7 Å². The van der Waals surface area contributed by atoms with Crippen LogP contribution in [-0.4, -0.2) is 23.7 Å². The lowest BCUT2D eigenvalue weighted by molar-refractivity contribution is -0.137. The molecule has 1 N–H and O–H groups in total. The van der Waals surface area contributed by atoms with Crippen LogP contribution in [0.25, 0.3) is 0 Å². The zero-order valence-corrected chi connectivity index (χ0v) is 10.5. The molecule has 2 rings (SSSR count). The fourth-order valence-electron chi connectivity index (χ4n) is 2.37. The first-order chi connectivity index (χ1) is 7.77. The molecule has 3 nitrogen and oxygen atoms in total. The van der Waals surface area contributed by atoms with E-state index in [1.807, 2.05) is 18.2 Å². The Labute approximate surface area is 108 Å². The summed E-state index contributed by atoms with van der Waals surface area (Å²) in [6.07, 6.45) is 3.53. The van der Waals surface area contributed by atoms with Crippen LogP contribution in [0.2, 0.25) is 0 Å². The first-order valence-electron chi connectivity index (χ1n) is 5.81. The molecule has 1 fully saturated rings. The van der Waals surface area contributed by atoms with E-state index in [0.29, 0.717) is 0 Å². The number of anilines is 1. The van der Waals surface area contributed by atoms with Crippen LogP contribution in [-0.2, 0) is 4.79 Å². The van der Waals surface area contributed by atoms with Crippen molar-refractivity contribution in [1.29, 1.82) is 0 Å². The molecule has 4 heteroatoms. The molecular weight excluding hydrogens is 238 g/mol. The first-order valence-corrected chi connectivity index (χ1v) is 5.81. The molecule has 0 radical (unpaired) electrons. The summed E-state index contributed by atoms with van der Waals surface area (Å²) in [5.74, 6) is -0.701. The highest BCUT2D eigenvalue weighted by Crippen LogP contribution is 2.26. The van der Waals surface area contributed by atoms with E-state index in [9.17, 15) is 4.79 Å². The van der Waals surface area contributed by atoms with Crippen molar-refractivity contribution in [3.63, 3.8) is 0 Å². The number of carbonyl (C=O) groups is 1. The normalized spacial score (nSPS) is 19.5. The van der Waals surface area contributed by atoms with E-state index in [1.54, 1.807) is 0 Å². The van der Waals surface area contributed by atoms with Gasteiger partial charge in [0.05, 0.1) is 6.42 Å². The Bertz CT molecular complexity index is 356. The first kappa shape index (κ1) is 13.8.